The summed E-state index contributed by atoms with van der Waals surface area (Å²) in [5.74, 6) is 0.380. The zero-order chi connectivity index (χ0) is 16.2. The summed E-state index contributed by atoms with van der Waals surface area (Å²) in [7, 11) is 0. The predicted octanol–water partition coefficient (Wildman–Crippen LogP) is 2.30. The number of nitrogens with zero attached hydrogens (tertiary/aromatic N) is 1. The molecule has 0 fully saturated rings. The lowest BCUT2D eigenvalue weighted by molar-refractivity contribution is -0.118. The van der Waals surface area contributed by atoms with E-state index >= 15 is 0 Å². The van der Waals surface area contributed by atoms with Crippen LogP contribution in [0.3, 0.4) is 0 Å². The topological polar surface area (TPSA) is 90.6 Å². The Morgan fingerprint density at radius 1 is 1.22 bits per heavy atom. The number of anilines is 1. The van der Waals surface area contributed by atoms with Gasteiger partial charge < -0.3 is 5.32 Å². The molecular weight excluding hydrogens is 292 g/mol. The van der Waals surface area contributed by atoms with Crippen LogP contribution >= 0.6 is 0 Å². The van der Waals surface area contributed by atoms with Gasteiger partial charge >= 0.3 is 0 Å². The zero-order valence-corrected chi connectivity index (χ0v) is 13.1. The van der Waals surface area contributed by atoms with E-state index in [1.165, 1.54) is 0 Å². The molecular formula is C17H18N4O2. The highest BCUT2D eigenvalue weighted by Gasteiger charge is 2.42. The van der Waals surface area contributed by atoms with Crippen LogP contribution in [0.1, 0.15) is 43.7 Å². The lowest BCUT2D eigenvalue weighted by atomic mass is 9.69. The van der Waals surface area contributed by atoms with Crippen molar-refractivity contribution in [1.82, 2.24) is 15.2 Å². The summed E-state index contributed by atoms with van der Waals surface area (Å²) in [6, 6.07) is 3.74. The highest BCUT2D eigenvalue weighted by Crippen LogP contribution is 2.47. The van der Waals surface area contributed by atoms with Crippen molar-refractivity contribution in [3.63, 3.8) is 0 Å². The third-order valence-corrected chi connectivity index (χ3v) is 4.61. The van der Waals surface area contributed by atoms with E-state index in [0.29, 0.717) is 23.4 Å². The van der Waals surface area contributed by atoms with E-state index in [2.05, 4.69) is 34.3 Å². The maximum atomic E-state index is 12.8. The molecule has 0 bridgehead atoms. The van der Waals surface area contributed by atoms with Gasteiger partial charge in [-0.15, -0.1) is 0 Å². The number of carbonyl (C=O) groups is 1. The van der Waals surface area contributed by atoms with E-state index in [4.69, 9.17) is 0 Å². The second kappa shape index (κ2) is 4.68. The first-order valence-corrected chi connectivity index (χ1v) is 7.70. The van der Waals surface area contributed by atoms with Crippen molar-refractivity contribution in [3.05, 3.63) is 57.3 Å². The van der Waals surface area contributed by atoms with Crippen molar-refractivity contribution < 1.29 is 4.79 Å². The number of ketones is 1. The van der Waals surface area contributed by atoms with Crippen molar-refractivity contribution >= 4 is 11.6 Å². The molecule has 0 unspecified atom stereocenters. The fraction of sp³-hybridized carbons (Fsp3) is 0.353. The molecule has 3 heterocycles. The summed E-state index contributed by atoms with van der Waals surface area (Å²) in [5, 5.41) is 8.77. The lowest BCUT2D eigenvalue weighted by Crippen LogP contribution is -2.35. The molecule has 2 aliphatic rings. The number of hydrogen-bond acceptors (Lipinski definition) is 4. The average Bonchev–Trinajstić information content (AvgIpc) is 2.86. The number of Topliss-reactive ketones (excluding diaryl/α,β-unsaturated/α-hetero) is 1. The number of nitrogens with one attached hydrogen (secondary N) is 3. The van der Waals surface area contributed by atoms with E-state index in [9.17, 15) is 9.59 Å². The first kappa shape index (κ1) is 14.0. The molecule has 1 aliphatic heterocycles. The average molecular weight is 310 g/mol. The predicted molar refractivity (Wildman–Crippen MR) is 86.2 cm³/mol. The van der Waals surface area contributed by atoms with E-state index < -0.39 is 0 Å². The lowest BCUT2D eigenvalue weighted by Gasteiger charge is -2.37. The Balaban J connectivity index is 1.96. The summed E-state index contributed by atoms with van der Waals surface area (Å²) in [5.41, 5.74) is 2.74. The number of H-pyrrole nitrogens is 2. The molecule has 0 aromatic carbocycles. The molecule has 1 atom stereocenters. The Labute approximate surface area is 133 Å². The number of hydrogen-bond donors (Lipinski definition) is 3. The second-order valence-corrected chi connectivity index (χ2v) is 7.05. The van der Waals surface area contributed by atoms with Gasteiger partial charge in [0.2, 0.25) is 0 Å². The van der Waals surface area contributed by atoms with Gasteiger partial charge in [-0.1, -0.05) is 19.9 Å². The third-order valence-electron chi connectivity index (χ3n) is 4.61. The Morgan fingerprint density at radius 2 is 2.04 bits per heavy atom. The van der Waals surface area contributed by atoms with Gasteiger partial charge in [0.1, 0.15) is 5.82 Å². The highest BCUT2D eigenvalue weighted by molar-refractivity contribution is 6.01. The summed E-state index contributed by atoms with van der Waals surface area (Å²) in [6.07, 6.45) is 4.68. The normalized spacial score (nSPS) is 22.3. The largest absolute Gasteiger partial charge is 0.343 e. The molecule has 6 heteroatoms. The summed E-state index contributed by atoms with van der Waals surface area (Å²) < 4.78 is 0. The van der Waals surface area contributed by atoms with Crippen molar-refractivity contribution in [3.8, 4) is 0 Å². The van der Waals surface area contributed by atoms with Crippen LogP contribution < -0.4 is 10.9 Å². The smallest absolute Gasteiger partial charge is 0.270 e. The number of rotatable bonds is 1. The molecule has 0 spiro atoms. The van der Waals surface area contributed by atoms with Crippen molar-refractivity contribution in [2.24, 2.45) is 5.41 Å². The second-order valence-electron chi connectivity index (χ2n) is 7.05. The quantitative estimate of drug-likeness (QED) is 0.754. The van der Waals surface area contributed by atoms with E-state index in [-0.39, 0.29) is 22.7 Å². The zero-order valence-electron chi connectivity index (χ0n) is 13.1. The van der Waals surface area contributed by atoms with Crippen molar-refractivity contribution in [1.29, 1.82) is 0 Å². The maximum Gasteiger partial charge on any atom is 0.270 e. The first-order chi connectivity index (χ1) is 11.0. The van der Waals surface area contributed by atoms with Gasteiger partial charge in [-0.05, 0) is 23.5 Å². The number of fused-ring (bicyclic) bond motifs is 1. The van der Waals surface area contributed by atoms with Gasteiger partial charge in [-0.25, -0.2) is 0 Å². The fourth-order valence-corrected chi connectivity index (χ4v) is 3.70. The molecule has 0 saturated carbocycles. The SMILES string of the molecule is CC1(C)CC(=O)C2=C(C1)Nc1[nH][nH]c(=O)c1[C@@H]2c1cccnc1. The highest BCUT2D eigenvalue weighted by atomic mass is 16.1. The Kier molecular flexibility index (Phi) is 2.85. The number of carbonyl (C=O) groups excluding carboxylic acids is 1. The maximum absolute atomic E-state index is 12.8. The molecule has 6 nitrogen and oxygen atoms in total. The minimum atomic E-state index is -0.367. The number of allylic oxidation sites excluding steroid dienone is 2. The minimum Gasteiger partial charge on any atom is -0.343 e. The van der Waals surface area contributed by atoms with Gasteiger partial charge in [-0.2, -0.15) is 0 Å². The van der Waals surface area contributed by atoms with Gasteiger partial charge in [-0.3, -0.25) is 24.8 Å². The molecule has 3 N–H and O–H groups in total. The molecule has 118 valence electrons. The summed E-state index contributed by atoms with van der Waals surface area (Å²) >= 11 is 0. The summed E-state index contributed by atoms with van der Waals surface area (Å²) in [6.45, 7) is 4.18. The van der Waals surface area contributed by atoms with Crippen LogP contribution in [0.25, 0.3) is 0 Å². The van der Waals surface area contributed by atoms with Crippen LogP contribution in [0.2, 0.25) is 0 Å². The van der Waals surface area contributed by atoms with E-state index in [1.807, 2.05) is 12.1 Å². The van der Waals surface area contributed by atoms with Crippen LogP contribution in [0.4, 0.5) is 5.82 Å². The van der Waals surface area contributed by atoms with Gasteiger partial charge in [0, 0.05) is 36.0 Å². The van der Waals surface area contributed by atoms with E-state index in [1.54, 1.807) is 12.4 Å². The molecule has 0 amide bonds. The van der Waals surface area contributed by atoms with Crippen LogP contribution in [0, 0.1) is 5.41 Å². The third kappa shape index (κ3) is 2.13. The monoisotopic (exact) mass is 310 g/mol. The molecule has 1 aliphatic carbocycles. The number of aromatic nitrogens is 3. The van der Waals surface area contributed by atoms with Crippen LogP contribution in [0.5, 0.6) is 0 Å². The molecule has 4 rings (SSSR count). The number of aromatic amines is 2. The Hall–Kier alpha value is -2.63. The number of pyridine rings is 1. The molecule has 2 aromatic heterocycles. The minimum absolute atomic E-state index is 0.0868. The summed E-state index contributed by atoms with van der Waals surface area (Å²) in [4.78, 5) is 29.3. The van der Waals surface area contributed by atoms with E-state index in [0.717, 1.165) is 17.7 Å². The van der Waals surface area contributed by atoms with Crippen molar-refractivity contribution in [2.75, 3.05) is 5.32 Å². The van der Waals surface area contributed by atoms with Crippen LogP contribution in [0.15, 0.2) is 40.6 Å². The van der Waals surface area contributed by atoms with Crippen LogP contribution in [-0.4, -0.2) is 21.0 Å². The molecule has 23 heavy (non-hydrogen) atoms. The Morgan fingerprint density at radius 3 is 2.78 bits per heavy atom. The molecule has 0 radical (unpaired) electrons. The van der Waals surface area contributed by atoms with Crippen molar-refractivity contribution in [2.45, 2.75) is 32.6 Å². The Bertz CT molecular complexity index is 873. The van der Waals surface area contributed by atoms with Gasteiger partial charge in [0.25, 0.3) is 5.56 Å². The fourth-order valence-electron chi connectivity index (χ4n) is 3.70. The standard InChI is InChI=1S/C17H18N4O2/c1-17(2)6-10-13(11(22)7-17)12(9-4-3-5-18-8-9)14-15(19-10)20-21-16(14)23/h3-5,8,12H,6-7H2,1-2H3,(H3,19,20,21,23)/t12-/m1/s1. The first-order valence-electron chi connectivity index (χ1n) is 7.70. The van der Waals surface area contributed by atoms with Crippen LogP contribution in [-0.2, 0) is 4.79 Å². The molecule has 0 saturated heterocycles. The van der Waals surface area contributed by atoms with Gasteiger partial charge in [0.05, 0.1) is 5.56 Å². The molecule has 2 aromatic rings. The van der Waals surface area contributed by atoms with Gasteiger partial charge in [0.15, 0.2) is 5.78 Å².